The summed E-state index contributed by atoms with van der Waals surface area (Å²) in [5, 5.41) is 30.4. The molecule has 0 unspecified atom stereocenters. The molecule has 0 N–H and O–H groups in total. The van der Waals surface area contributed by atoms with Crippen molar-refractivity contribution in [3.63, 3.8) is 0 Å². The van der Waals surface area contributed by atoms with Crippen molar-refractivity contribution in [2.24, 2.45) is 0 Å². The quantitative estimate of drug-likeness (QED) is 0.130. The minimum atomic E-state index is 0.314. The van der Waals surface area contributed by atoms with E-state index in [2.05, 4.69) is 326 Å². The van der Waals surface area contributed by atoms with Crippen molar-refractivity contribution in [1.82, 2.24) is 9.13 Å². The van der Waals surface area contributed by atoms with Crippen LogP contribution in [0.2, 0.25) is 0 Å². The molecule has 0 spiro atoms. The van der Waals surface area contributed by atoms with Gasteiger partial charge in [-0.2, -0.15) is 10.5 Å². The molecule has 0 saturated heterocycles. The summed E-state index contributed by atoms with van der Waals surface area (Å²) in [5.41, 5.74) is 24.0. The smallest absolute Gasteiger partial charge is 0.101 e. The summed E-state index contributed by atoms with van der Waals surface area (Å²) in [4.78, 5) is 0. The number of rotatable bonds is 11. The highest BCUT2D eigenvalue weighted by Gasteiger charge is 2.24. The Morgan fingerprint density at radius 1 is 0.308 bits per heavy atom. The summed E-state index contributed by atoms with van der Waals surface area (Å²) in [7, 11) is 0. The Morgan fingerprint density at radius 2 is 0.736 bits per heavy atom. The van der Waals surface area contributed by atoms with Gasteiger partial charge in [0, 0.05) is 21.5 Å². The molecule has 0 bridgehead atoms. The van der Waals surface area contributed by atoms with E-state index in [1.165, 1.54) is 16.3 Å². The number of nitriles is 2. The van der Waals surface area contributed by atoms with Gasteiger partial charge in [0.25, 0.3) is 0 Å². The third kappa shape index (κ3) is 9.30. The van der Waals surface area contributed by atoms with Crippen molar-refractivity contribution in [2.45, 2.75) is 6.92 Å². The maximum Gasteiger partial charge on any atom is 0.101 e. The molecule has 14 aromatic carbocycles. The number of para-hydroxylation sites is 3. The van der Waals surface area contributed by atoms with Crippen molar-refractivity contribution in [3.8, 4) is 101 Å². The van der Waals surface area contributed by atoms with E-state index in [4.69, 9.17) is 0 Å². The molecular formula is C87H56N4. The molecular weight excluding hydrogens is 1100 g/mol. The topological polar surface area (TPSA) is 57.4 Å². The van der Waals surface area contributed by atoms with Gasteiger partial charge in [-0.1, -0.05) is 219 Å². The molecule has 0 aliphatic heterocycles. The predicted octanol–water partition coefficient (Wildman–Crippen LogP) is 23.3. The van der Waals surface area contributed by atoms with Gasteiger partial charge in [-0.05, 0) is 215 Å². The Morgan fingerprint density at radius 3 is 1.30 bits per heavy atom. The highest BCUT2D eigenvalue weighted by Crippen LogP contribution is 2.45. The van der Waals surface area contributed by atoms with Gasteiger partial charge in [0.15, 0.2) is 0 Å². The molecule has 0 saturated carbocycles. The van der Waals surface area contributed by atoms with E-state index in [1.54, 1.807) is 0 Å². The van der Waals surface area contributed by atoms with E-state index in [0.717, 1.165) is 149 Å². The lowest BCUT2D eigenvalue weighted by Crippen LogP contribution is -2.05. The first-order chi connectivity index (χ1) is 44.9. The fourth-order valence-corrected chi connectivity index (χ4v) is 14.0. The minimum Gasteiger partial charge on any atom is -0.307 e. The Bertz CT molecular complexity index is 5650. The molecule has 0 aliphatic carbocycles. The van der Waals surface area contributed by atoms with Crippen LogP contribution in [0.15, 0.2) is 304 Å². The summed E-state index contributed by atoms with van der Waals surface area (Å²) in [6.07, 6.45) is 6.28. The molecule has 0 fully saturated rings. The third-order valence-corrected chi connectivity index (χ3v) is 18.2. The molecule has 91 heavy (non-hydrogen) atoms. The number of allylic oxidation sites excluding steroid dienone is 1. The van der Waals surface area contributed by atoms with Gasteiger partial charge in [-0.3, -0.25) is 0 Å². The highest BCUT2D eigenvalue weighted by atomic mass is 15.1. The largest absolute Gasteiger partial charge is 0.307 e. The van der Waals surface area contributed by atoms with E-state index in [1.807, 2.05) is 18.2 Å². The number of nitrogens with zero attached hydrogens (tertiary/aromatic N) is 4. The number of hydrogen-bond donors (Lipinski definition) is 0. The summed E-state index contributed by atoms with van der Waals surface area (Å²) in [5.74, 6) is 0. The maximum absolute atomic E-state index is 10.7. The van der Waals surface area contributed by atoms with Crippen LogP contribution in [0.3, 0.4) is 0 Å². The van der Waals surface area contributed by atoms with Gasteiger partial charge in [0.05, 0.1) is 44.6 Å². The SMILES string of the molecule is C=Cc1cccc(-c2cc(-c3cc(-c4cc(-c5ccccc5)cc(-c5ccccc5)c4)cc(-c4ccc5c(c4)c4ccccc4n5-c4cc(C#N)c(C#N)cc4-n4c5ccccc5c5ccccc54)c3)cc3cc(-c4cccc5ccccc45)ccc23)c1/C=C\C. The Kier molecular flexibility index (Phi) is 13.3. The normalized spacial score (nSPS) is 11.5. The van der Waals surface area contributed by atoms with Crippen LogP contribution in [0.1, 0.15) is 29.2 Å². The molecule has 4 heteroatoms. The third-order valence-electron chi connectivity index (χ3n) is 18.2. The van der Waals surface area contributed by atoms with Crippen molar-refractivity contribution < 1.29 is 0 Å². The lowest BCUT2D eigenvalue weighted by atomic mass is 9.86. The summed E-state index contributed by atoms with van der Waals surface area (Å²) in [6, 6.07) is 110. The molecule has 0 atom stereocenters. The van der Waals surface area contributed by atoms with Crippen LogP contribution in [0.5, 0.6) is 0 Å². The summed E-state index contributed by atoms with van der Waals surface area (Å²) in [6.45, 7) is 6.35. The van der Waals surface area contributed by atoms with Crippen molar-refractivity contribution in [3.05, 3.63) is 326 Å². The van der Waals surface area contributed by atoms with E-state index in [-0.39, 0.29) is 0 Å². The molecule has 424 valence electrons. The van der Waals surface area contributed by atoms with E-state index in [0.29, 0.717) is 11.1 Å². The number of hydrogen-bond acceptors (Lipinski definition) is 2. The second kappa shape index (κ2) is 22.4. The molecule has 4 nitrogen and oxygen atoms in total. The van der Waals surface area contributed by atoms with Gasteiger partial charge < -0.3 is 9.13 Å². The first-order valence-electron chi connectivity index (χ1n) is 30.8. The van der Waals surface area contributed by atoms with Crippen LogP contribution in [-0.4, -0.2) is 9.13 Å². The first-order valence-corrected chi connectivity index (χ1v) is 30.8. The van der Waals surface area contributed by atoms with Crippen LogP contribution in [0.25, 0.3) is 167 Å². The van der Waals surface area contributed by atoms with E-state index < -0.39 is 0 Å². The van der Waals surface area contributed by atoms with Gasteiger partial charge in [0.2, 0.25) is 0 Å². The standard InChI is InChI=1S/C87H56N4/c1-3-21-72-56(4-2)27-19-34-76(72)80-51-68(49-69-42-61(38-40-75(69)80)74-33-20-28-59-26-11-12-29-73(59)74)67-47-64(46-66(48-67)65-44-62(57-22-7-5-8-23-57)43-63(45-65)58-24-9-6-10-25-58)60-39-41-85-81(50-60)79-32-15-18-37-84(79)91(85)87-53-71(55-89)70(54-88)52-86(87)90-82-35-16-13-30-77(82)78-31-14-17-36-83(78)90/h3-53H,2H2,1H3/b21-3-. The second-order valence-electron chi connectivity index (χ2n) is 23.4. The average Bonchev–Trinajstić information content (AvgIpc) is 1.59. The zero-order chi connectivity index (χ0) is 61.1. The second-order valence-corrected chi connectivity index (χ2v) is 23.4. The average molecular weight is 1160 g/mol. The van der Waals surface area contributed by atoms with Crippen LogP contribution in [-0.2, 0) is 0 Å². The molecule has 2 aromatic heterocycles. The molecule has 2 heterocycles. The Labute approximate surface area is 528 Å². The fourth-order valence-electron chi connectivity index (χ4n) is 14.0. The van der Waals surface area contributed by atoms with E-state index in [9.17, 15) is 10.5 Å². The fraction of sp³-hybridized carbons (Fsp3) is 0.0115. The zero-order valence-electron chi connectivity index (χ0n) is 49.9. The summed E-state index contributed by atoms with van der Waals surface area (Å²) < 4.78 is 4.53. The lowest BCUT2D eigenvalue weighted by molar-refractivity contribution is 1.09. The molecule has 0 radical (unpaired) electrons. The highest BCUT2D eigenvalue weighted by molar-refractivity contribution is 6.13. The molecule has 16 aromatic rings. The van der Waals surface area contributed by atoms with Crippen LogP contribution >= 0.6 is 0 Å². The molecule has 16 rings (SSSR count). The van der Waals surface area contributed by atoms with Gasteiger partial charge >= 0.3 is 0 Å². The monoisotopic (exact) mass is 1160 g/mol. The van der Waals surface area contributed by atoms with Gasteiger partial charge in [0.1, 0.15) is 12.1 Å². The number of aromatic nitrogens is 2. The van der Waals surface area contributed by atoms with Crippen LogP contribution in [0, 0.1) is 22.7 Å². The first kappa shape index (κ1) is 54.1. The number of benzene rings is 14. The Balaban J connectivity index is 0.962. The van der Waals surface area contributed by atoms with Crippen LogP contribution in [0.4, 0.5) is 0 Å². The van der Waals surface area contributed by atoms with Crippen molar-refractivity contribution in [2.75, 3.05) is 0 Å². The minimum absolute atomic E-state index is 0.314. The van der Waals surface area contributed by atoms with Crippen molar-refractivity contribution >= 4 is 77.3 Å². The predicted molar refractivity (Wildman–Crippen MR) is 382 cm³/mol. The maximum atomic E-state index is 10.7. The van der Waals surface area contributed by atoms with Crippen molar-refractivity contribution in [1.29, 1.82) is 10.5 Å². The number of fused-ring (bicyclic) bond motifs is 8. The molecule has 0 amide bonds. The molecule has 0 aliphatic rings. The van der Waals surface area contributed by atoms with Gasteiger partial charge in [-0.25, -0.2) is 0 Å². The van der Waals surface area contributed by atoms with Gasteiger partial charge in [-0.15, -0.1) is 0 Å². The lowest BCUT2D eigenvalue weighted by Gasteiger charge is -2.18. The zero-order valence-corrected chi connectivity index (χ0v) is 49.9. The summed E-state index contributed by atoms with van der Waals surface area (Å²) >= 11 is 0. The Hall–Kier alpha value is -12.3. The van der Waals surface area contributed by atoms with Crippen LogP contribution < -0.4 is 0 Å². The van der Waals surface area contributed by atoms with E-state index >= 15 is 0 Å².